The quantitative estimate of drug-likeness (QED) is 0.659. The van der Waals surface area contributed by atoms with Crippen LogP contribution < -0.4 is 0 Å². The van der Waals surface area contributed by atoms with E-state index >= 15 is 0 Å². The van der Waals surface area contributed by atoms with Gasteiger partial charge in [-0.05, 0) is 0 Å². The zero-order chi connectivity index (χ0) is 14.7. The van der Waals surface area contributed by atoms with Crippen LogP contribution in [0.25, 0.3) is 5.57 Å². The number of fused-ring (bicyclic) bond motifs is 2. The predicted molar refractivity (Wildman–Crippen MR) is 94.3 cm³/mol. The maximum atomic E-state index is 2.49. The molecular weight excluding hydrogens is 319 g/mol. The van der Waals surface area contributed by atoms with Gasteiger partial charge in [-0.2, -0.15) is 0 Å². The van der Waals surface area contributed by atoms with Crippen LogP contribution in [0.3, 0.4) is 0 Å². The average Bonchev–Trinajstić information content (AvgIpc) is 2.65. The Bertz CT molecular complexity index is 603. The van der Waals surface area contributed by atoms with Gasteiger partial charge < -0.3 is 0 Å². The summed E-state index contributed by atoms with van der Waals surface area (Å²) >= 11 is -0.347. The molecule has 1 heteroatoms. The van der Waals surface area contributed by atoms with Gasteiger partial charge in [0.1, 0.15) is 0 Å². The first-order valence-corrected chi connectivity index (χ1v) is 12.3. The summed E-state index contributed by atoms with van der Waals surface area (Å²) in [5.74, 6) is 4.85. The summed E-state index contributed by atoms with van der Waals surface area (Å²) in [5.41, 5.74) is 7.37. The monoisotopic (exact) mass is 343 g/mol. The molecule has 3 rings (SSSR count). The minimum absolute atomic E-state index is 0.347. The summed E-state index contributed by atoms with van der Waals surface area (Å²) in [5, 5.41) is 1.38. The van der Waals surface area contributed by atoms with Gasteiger partial charge in [0.05, 0.1) is 0 Å². The van der Waals surface area contributed by atoms with Crippen molar-refractivity contribution in [2.24, 2.45) is 0 Å². The van der Waals surface area contributed by atoms with Crippen molar-refractivity contribution in [3.63, 3.8) is 0 Å². The van der Waals surface area contributed by atoms with Crippen molar-refractivity contribution in [1.29, 1.82) is 0 Å². The molecule has 0 unspecified atom stereocenters. The summed E-state index contributed by atoms with van der Waals surface area (Å²) in [7, 11) is 0. The van der Waals surface area contributed by atoms with E-state index in [1.54, 1.807) is 0 Å². The van der Waals surface area contributed by atoms with Crippen LogP contribution in [-0.4, -0.2) is 13.9 Å². The molecule has 0 N–H and O–H groups in total. The fourth-order valence-electron chi connectivity index (χ4n) is 3.08. The molecule has 0 nitrogen and oxygen atoms in total. The van der Waals surface area contributed by atoms with E-state index in [1.807, 2.05) is 0 Å². The molecule has 1 aliphatic carbocycles. The van der Waals surface area contributed by atoms with Gasteiger partial charge in [-0.25, -0.2) is 0 Å². The van der Waals surface area contributed by atoms with Crippen LogP contribution in [0.15, 0.2) is 54.6 Å². The van der Waals surface area contributed by atoms with Crippen LogP contribution >= 0.6 is 0 Å². The average molecular weight is 342 g/mol. The molecule has 0 saturated carbocycles. The molecule has 0 aromatic heterocycles. The normalized spacial score (nSPS) is 13.6. The zero-order valence-electron chi connectivity index (χ0n) is 12.9. The summed E-state index contributed by atoms with van der Waals surface area (Å²) in [4.78, 5) is 0. The molecule has 0 bridgehead atoms. The fourth-order valence-corrected chi connectivity index (χ4v) is 4.31. The van der Waals surface area contributed by atoms with E-state index in [1.165, 1.54) is 39.6 Å². The van der Waals surface area contributed by atoms with Crippen LogP contribution in [0.1, 0.15) is 28.7 Å². The van der Waals surface area contributed by atoms with Crippen molar-refractivity contribution in [3.05, 3.63) is 76.9 Å². The van der Waals surface area contributed by atoms with Crippen molar-refractivity contribution in [2.75, 3.05) is 0 Å². The SMILES string of the molecule is C[Se+](C)CCC=C1c2ccccc2CCc2ccccc21. The Labute approximate surface area is 132 Å². The molecule has 0 aliphatic heterocycles. The number of hydrogen-bond donors (Lipinski definition) is 0. The van der Waals surface area contributed by atoms with Gasteiger partial charge >= 0.3 is 133 Å². The first-order chi connectivity index (χ1) is 10.3. The molecule has 21 heavy (non-hydrogen) atoms. The predicted octanol–water partition coefficient (Wildman–Crippen LogP) is 5.36. The van der Waals surface area contributed by atoms with E-state index in [9.17, 15) is 0 Å². The first kappa shape index (κ1) is 14.6. The maximum absolute atomic E-state index is 2.49. The minimum atomic E-state index is -0.347. The molecule has 0 spiro atoms. The van der Waals surface area contributed by atoms with E-state index in [4.69, 9.17) is 0 Å². The third-order valence-corrected chi connectivity index (χ3v) is 6.36. The standard InChI is InChI=1S/C20H23Se/c1-21(2)15-7-12-20-18-10-5-3-8-16(18)13-14-17-9-4-6-11-19(17)20/h3-6,8-12H,7,13-15H2,1-2H3/q+1. The Balaban J connectivity index is 2.07. The summed E-state index contributed by atoms with van der Waals surface area (Å²) in [6.07, 6.45) is 6.02. The van der Waals surface area contributed by atoms with Gasteiger partial charge in [-0.15, -0.1) is 0 Å². The van der Waals surface area contributed by atoms with Crippen LogP contribution in [0, 0.1) is 0 Å². The van der Waals surface area contributed by atoms with Crippen molar-refractivity contribution < 1.29 is 0 Å². The Hall–Kier alpha value is -1.30. The van der Waals surface area contributed by atoms with Crippen molar-refractivity contribution in [1.82, 2.24) is 0 Å². The molecule has 0 fully saturated rings. The van der Waals surface area contributed by atoms with E-state index in [0.717, 1.165) is 12.8 Å². The number of allylic oxidation sites excluding steroid dienone is 1. The van der Waals surface area contributed by atoms with Crippen molar-refractivity contribution in [2.45, 2.75) is 36.2 Å². The van der Waals surface area contributed by atoms with Gasteiger partial charge in [-0.1, -0.05) is 0 Å². The second-order valence-corrected chi connectivity index (χ2v) is 10.9. The van der Waals surface area contributed by atoms with Crippen LogP contribution in [-0.2, 0) is 12.8 Å². The third kappa shape index (κ3) is 3.31. The summed E-state index contributed by atoms with van der Waals surface area (Å²) in [6.45, 7) is 0. The molecule has 2 aromatic carbocycles. The Morgan fingerprint density at radius 2 is 1.38 bits per heavy atom. The molecule has 0 radical (unpaired) electrons. The summed E-state index contributed by atoms with van der Waals surface area (Å²) < 4.78 is 0. The number of hydrogen-bond acceptors (Lipinski definition) is 0. The van der Waals surface area contributed by atoms with Gasteiger partial charge in [0.2, 0.25) is 0 Å². The molecule has 0 atom stereocenters. The first-order valence-electron chi connectivity index (χ1n) is 7.66. The summed E-state index contributed by atoms with van der Waals surface area (Å²) in [6, 6.07) is 17.9. The van der Waals surface area contributed by atoms with E-state index < -0.39 is 0 Å². The number of rotatable bonds is 3. The second-order valence-electron chi connectivity index (χ2n) is 5.91. The number of benzene rings is 2. The molecule has 0 amide bonds. The van der Waals surface area contributed by atoms with Crippen LogP contribution in [0.2, 0.25) is 17.0 Å². The van der Waals surface area contributed by atoms with E-state index in [-0.39, 0.29) is 13.9 Å². The van der Waals surface area contributed by atoms with Gasteiger partial charge in [0.25, 0.3) is 0 Å². The van der Waals surface area contributed by atoms with Gasteiger partial charge in [-0.3, -0.25) is 0 Å². The Morgan fingerprint density at radius 1 is 0.857 bits per heavy atom. The topological polar surface area (TPSA) is 0 Å². The van der Waals surface area contributed by atoms with Crippen LogP contribution in [0.5, 0.6) is 0 Å². The van der Waals surface area contributed by atoms with Crippen molar-refractivity contribution in [3.8, 4) is 0 Å². The molecular formula is C20H23Se+. The van der Waals surface area contributed by atoms with Gasteiger partial charge in [0.15, 0.2) is 0 Å². The molecule has 108 valence electrons. The zero-order valence-corrected chi connectivity index (χ0v) is 14.6. The fraction of sp³-hybridized carbons (Fsp3) is 0.300. The third-order valence-electron chi connectivity index (χ3n) is 4.15. The molecule has 2 aromatic rings. The Morgan fingerprint density at radius 3 is 1.90 bits per heavy atom. The van der Waals surface area contributed by atoms with Gasteiger partial charge in [0, 0.05) is 0 Å². The van der Waals surface area contributed by atoms with Crippen molar-refractivity contribution >= 4 is 19.5 Å². The second kappa shape index (κ2) is 6.64. The Kier molecular flexibility index (Phi) is 4.63. The number of aryl methyl sites for hydroxylation is 2. The molecule has 1 aliphatic rings. The van der Waals surface area contributed by atoms with E-state index in [2.05, 4.69) is 66.3 Å². The van der Waals surface area contributed by atoms with Crippen LogP contribution in [0.4, 0.5) is 0 Å². The molecule has 0 saturated heterocycles. The van der Waals surface area contributed by atoms with E-state index in [0.29, 0.717) is 0 Å². The molecule has 0 heterocycles.